The normalized spacial score (nSPS) is 10.6. The Morgan fingerprint density at radius 1 is 0.582 bits per heavy atom. The van der Waals surface area contributed by atoms with Crippen molar-refractivity contribution in [2.24, 2.45) is 0 Å². The topological polar surface area (TPSA) is 39.6 Å². The summed E-state index contributed by atoms with van der Waals surface area (Å²) in [6.07, 6.45) is 19.8. The van der Waals surface area contributed by atoms with Gasteiger partial charge in [0, 0.05) is 18.8 Å². The summed E-state index contributed by atoms with van der Waals surface area (Å²) in [5.41, 5.74) is 19.3. The van der Waals surface area contributed by atoms with Gasteiger partial charge in [-0.05, 0) is 79.5 Å². The van der Waals surface area contributed by atoms with Crippen LogP contribution in [0.4, 0.5) is 5.69 Å². The average Bonchev–Trinajstić information content (AvgIpc) is 3.23. The van der Waals surface area contributed by atoms with Crippen molar-refractivity contribution >= 4 is 17.1 Å². The van der Waals surface area contributed by atoms with Gasteiger partial charge in [-0.25, -0.2) is 0 Å². The Hall–Kier alpha value is -3.76. The molecule has 0 amide bonds. The molecule has 0 aromatic heterocycles. The van der Waals surface area contributed by atoms with Gasteiger partial charge in [0.15, 0.2) is 0 Å². The molecule has 0 spiro atoms. The van der Waals surface area contributed by atoms with Crippen LogP contribution in [0.15, 0.2) is 121 Å². The van der Waals surface area contributed by atoms with Crippen molar-refractivity contribution in [3.8, 4) is 0 Å². The number of hydrogen-bond donors (Lipinski definition) is 0. The molecule has 55 heavy (non-hydrogen) atoms. The minimum absolute atomic E-state index is 0. The third-order valence-electron chi connectivity index (χ3n) is 9.78. The van der Waals surface area contributed by atoms with Gasteiger partial charge in [-0.15, -0.1) is 4.79 Å². The molecule has 0 aliphatic carbocycles. The van der Waals surface area contributed by atoms with Crippen molar-refractivity contribution in [2.45, 2.75) is 124 Å². The second kappa shape index (κ2) is 32.5. The molecular weight excluding hydrogens is 761 g/mol. The summed E-state index contributed by atoms with van der Waals surface area (Å²) in [7, 11) is 0. The van der Waals surface area contributed by atoms with Gasteiger partial charge in [-0.3, -0.25) is 0 Å². The number of rotatable bonds is 21. The summed E-state index contributed by atoms with van der Waals surface area (Å²) in [5, 5.41) is 0. The predicted octanol–water partition coefficient (Wildman–Crippen LogP) is 14.2. The summed E-state index contributed by atoms with van der Waals surface area (Å²) < 4.78 is 0. The molecule has 3 nitrogen and oxygen atoms in total. The molecule has 0 fully saturated rings. The number of unbranched alkanes of at least 4 members (excludes halogenated alkanes) is 9. The Bertz CT molecular complexity index is 1570. The molecule has 0 unspecified atom stereocenters. The van der Waals surface area contributed by atoms with E-state index in [9.17, 15) is 5.53 Å². The molecule has 298 valence electrons. The summed E-state index contributed by atoms with van der Waals surface area (Å²) in [4.78, 5) is 5.57. The van der Waals surface area contributed by atoms with Crippen LogP contribution in [0.25, 0.3) is 11.1 Å². The van der Waals surface area contributed by atoms with Crippen LogP contribution in [0.3, 0.4) is 0 Å². The largest absolute Gasteiger partial charge is 2.00 e. The number of hydrogen-bond acceptors (Lipinski definition) is 1. The van der Waals surface area contributed by atoms with Crippen LogP contribution in [0, 0.1) is 13.8 Å². The molecule has 0 atom stereocenters. The Balaban J connectivity index is 0.000000724. The molecule has 4 heteroatoms. The van der Waals surface area contributed by atoms with E-state index in [0.29, 0.717) is 0 Å². The fourth-order valence-corrected chi connectivity index (χ4v) is 6.50. The van der Waals surface area contributed by atoms with Gasteiger partial charge in [0.1, 0.15) is 0 Å². The van der Waals surface area contributed by atoms with E-state index >= 15 is 0 Å². The molecule has 4 rings (SSSR count). The van der Waals surface area contributed by atoms with Gasteiger partial charge in [0.05, 0.1) is 6.08 Å². The first-order valence-corrected chi connectivity index (χ1v) is 20.8. The summed E-state index contributed by atoms with van der Waals surface area (Å²) in [6, 6.07) is 38.5. The summed E-state index contributed by atoms with van der Waals surface area (Å²) >= 11 is 0. The first-order chi connectivity index (χ1) is 26.5. The molecule has 0 saturated carbocycles. The Labute approximate surface area is 350 Å². The average molecular weight is 831 g/mol. The minimum Gasteiger partial charge on any atom is -0.372 e. The molecule has 0 radical (unpaired) electrons. The van der Waals surface area contributed by atoms with Crippen molar-refractivity contribution < 1.29 is 25.2 Å². The first-order valence-electron chi connectivity index (χ1n) is 20.8. The van der Waals surface area contributed by atoms with E-state index in [1.807, 2.05) is 42.5 Å². The molecule has 0 saturated heterocycles. The van der Waals surface area contributed by atoms with Gasteiger partial charge in [-0.2, -0.15) is 12.8 Å². The van der Waals surface area contributed by atoms with Crippen LogP contribution in [0.1, 0.15) is 133 Å². The van der Waals surface area contributed by atoms with Gasteiger partial charge in [0.2, 0.25) is 0 Å². The van der Waals surface area contributed by atoms with Crippen LogP contribution in [0.5, 0.6) is 0 Å². The standard InChI is InChI=1S/C35H51N3.2C8H9.Pd/c1-5-9-11-13-14-15-17-19-31(28-29-37-36)35(33-24-26-34(27-25-33)38(7-3)8-4)32-22-20-30(21-23-32)18-16-12-10-6-2;2*1-2-8-6-4-3-5-7-8;/h20-28H,5-19H2,1-4H3;2*3-7H,1-2H2;/q;2*-1;+2. The predicted molar refractivity (Wildman–Crippen MR) is 237 cm³/mol. The van der Waals surface area contributed by atoms with E-state index in [-0.39, 0.29) is 20.4 Å². The summed E-state index contributed by atoms with van der Waals surface area (Å²) in [6.45, 7) is 18.4. The first kappa shape index (κ1) is 49.3. The van der Waals surface area contributed by atoms with E-state index in [4.69, 9.17) is 0 Å². The van der Waals surface area contributed by atoms with Crippen LogP contribution >= 0.6 is 0 Å². The number of allylic oxidation sites excluding steroid dienone is 2. The number of aryl methyl sites for hydroxylation is 1. The SMILES string of the molecule is CCCCCCCCCC(C=C=[N+]=[N-])=C(c1ccc(CCCCCC)cc1)c1ccc(N(CC)CC)cc1.[CH2-]Cc1ccccc1.[CH2-]Cc1ccccc1.[Pd+2]. The zero-order valence-corrected chi connectivity index (χ0v) is 36.1. The van der Waals surface area contributed by atoms with E-state index in [1.165, 1.54) is 109 Å². The molecule has 4 aromatic rings. The van der Waals surface area contributed by atoms with Crippen LogP contribution in [-0.2, 0) is 39.7 Å². The third-order valence-corrected chi connectivity index (χ3v) is 9.78. The van der Waals surface area contributed by atoms with Crippen LogP contribution < -0.4 is 4.90 Å². The molecule has 0 bridgehead atoms. The van der Waals surface area contributed by atoms with Crippen molar-refractivity contribution in [3.63, 3.8) is 0 Å². The molecule has 4 aromatic carbocycles. The van der Waals surface area contributed by atoms with Crippen molar-refractivity contribution in [1.29, 1.82) is 0 Å². The zero-order valence-electron chi connectivity index (χ0n) is 34.6. The second-order valence-electron chi connectivity index (χ2n) is 13.8. The molecule has 0 N–H and O–H groups in total. The molecule has 0 aliphatic heterocycles. The van der Waals surface area contributed by atoms with E-state index in [2.05, 4.69) is 130 Å². The van der Waals surface area contributed by atoms with Crippen molar-refractivity contribution in [2.75, 3.05) is 18.0 Å². The van der Waals surface area contributed by atoms with E-state index < -0.39 is 0 Å². The van der Waals surface area contributed by atoms with E-state index in [0.717, 1.165) is 45.2 Å². The van der Waals surface area contributed by atoms with Crippen LogP contribution in [0.2, 0.25) is 0 Å². The van der Waals surface area contributed by atoms with E-state index in [1.54, 1.807) is 0 Å². The second-order valence-corrected chi connectivity index (χ2v) is 13.8. The fraction of sp³-hybridized carbons (Fsp3) is 0.412. The Morgan fingerprint density at radius 2 is 1.04 bits per heavy atom. The summed E-state index contributed by atoms with van der Waals surface area (Å²) in [5.74, 6) is 2.73. The van der Waals surface area contributed by atoms with Gasteiger partial charge in [-0.1, -0.05) is 180 Å². The number of nitrogens with zero attached hydrogens (tertiary/aromatic N) is 3. The zero-order chi connectivity index (χ0) is 39.1. The van der Waals surface area contributed by atoms with Gasteiger partial charge < -0.3 is 24.3 Å². The quantitative estimate of drug-likeness (QED) is 0.0157. The molecular formula is C51H69N3Pd. The third kappa shape index (κ3) is 20.7. The maximum absolute atomic E-state index is 9.19. The number of anilines is 1. The molecule has 0 aliphatic rings. The Morgan fingerprint density at radius 3 is 1.47 bits per heavy atom. The maximum atomic E-state index is 9.19. The fourth-order valence-electron chi connectivity index (χ4n) is 6.50. The van der Waals surface area contributed by atoms with Crippen molar-refractivity contribution in [1.82, 2.24) is 0 Å². The molecule has 0 heterocycles. The maximum Gasteiger partial charge on any atom is 2.00 e. The van der Waals surface area contributed by atoms with Gasteiger partial charge in [0.25, 0.3) is 5.87 Å². The van der Waals surface area contributed by atoms with Crippen LogP contribution in [-0.4, -0.2) is 23.7 Å². The van der Waals surface area contributed by atoms with Gasteiger partial charge >= 0.3 is 20.4 Å². The number of benzene rings is 4. The smallest absolute Gasteiger partial charge is 0.372 e. The minimum atomic E-state index is 0. The Kier molecular flexibility index (Phi) is 29.1. The van der Waals surface area contributed by atoms with Crippen molar-refractivity contribution in [3.05, 3.63) is 168 Å². The monoisotopic (exact) mass is 829 g/mol.